The molecule has 3 rings (SSSR count). The molecule has 1 saturated heterocycles. The number of thioether (sulfide) groups is 1. The van der Waals surface area contributed by atoms with Crippen LogP contribution in [0.2, 0.25) is 0 Å². The number of nitrogens with one attached hydrogen (secondary N) is 1. The van der Waals surface area contributed by atoms with Crippen LogP contribution in [0.5, 0.6) is 11.5 Å². The van der Waals surface area contributed by atoms with Crippen LogP contribution >= 0.6 is 24.0 Å². The van der Waals surface area contributed by atoms with Crippen molar-refractivity contribution in [3.8, 4) is 11.5 Å². The largest absolute Gasteiger partial charge is 0.497 e. The zero-order chi connectivity index (χ0) is 18.7. The molecule has 2 aromatic rings. The highest BCUT2D eigenvalue weighted by Gasteiger charge is 2.22. The van der Waals surface area contributed by atoms with Crippen LogP contribution in [-0.2, 0) is 14.9 Å². The maximum absolute atomic E-state index is 12.3. The summed E-state index contributed by atoms with van der Waals surface area (Å²) in [5, 5.41) is 2.53. The van der Waals surface area contributed by atoms with Crippen LogP contribution in [0.25, 0.3) is 6.08 Å². The minimum Gasteiger partial charge on any atom is -0.497 e. The van der Waals surface area contributed by atoms with Gasteiger partial charge in [-0.25, -0.2) is 0 Å². The zero-order valence-corrected chi connectivity index (χ0v) is 15.9. The normalized spacial score (nSPS) is 15.8. The van der Waals surface area contributed by atoms with Gasteiger partial charge < -0.3 is 14.2 Å². The van der Waals surface area contributed by atoms with E-state index in [2.05, 4.69) is 5.32 Å². The summed E-state index contributed by atoms with van der Waals surface area (Å²) in [6, 6.07) is 12.2. The number of carbonyl (C=O) groups is 1. The molecular formula is C17H13NO5S3. The summed E-state index contributed by atoms with van der Waals surface area (Å²) in [6.07, 6.45) is 1.67. The van der Waals surface area contributed by atoms with Crippen LogP contribution in [0.15, 0.2) is 58.3 Å². The van der Waals surface area contributed by atoms with Crippen molar-refractivity contribution in [2.45, 2.75) is 4.90 Å². The molecule has 0 atom stereocenters. The van der Waals surface area contributed by atoms with Crippen molar-refractivity contribution in [1.29, 1.82) is 0 Å². The Morgan fingerprint density at radius 2 is 1.65 bits per heavy atom. The molecule has 0 aromatic heterocycles. The van der Waals surface area contributed by atoms with E-state index < -0.39 is 10.1 Å². The van der Waals surface area contributed by atoms with Gasteiger partial charge in [0.15, 0.2) is 0 Å². The Bertz CT molecular complexity index is 980. The Balaban J connectivity index is 1.75. The van der Waals surface area contributed by atoms with Crippen LogP contribution in [0, 0.1) is 0 Å². The van der Waals surface area contributed by atoms with Crippen LogP contribution in [0.4, 0.5) is 0 Å². The van der Waals surface area contributed by atoms with E-state index >= 15 is 0 Å². The molecule has 0 radical (unpaired) electrons. The average molecular weight is 407 g/mol. The van der Waals surface area contributed by atoms with Crippen molar-refractivity contribution in [3.05, 3.63) is 59.0 Å². The van der Waals surface area contributed by atoms with E-state index in [0.29, 0.717) is 15.0 Å². The van der Waals surface area contributed by atoms with Gasteiger partial charge in [0.2, 0.25) is 0 Å². The van der Waals surface area contributed by atoms with E-state index in [1.807, 2.05) is 0 Å². The van der Waals surface area contributed by atoms with E-state index in [1.54, 1.807) is 30.3 Å². The molecule has 134 valence electrons. The minimum atomic E-state index is -3.95. The van der Waals surface area contributed by atoms with E-state index in [-0.39, 0.29) is 16.6 Å². The lowest BCUT2D eigenvalue weighted by atomic mass is 10.2. The molecule has 6 nitrogen and oxygen atoms in total. The molecule has 26 heavy (non-hydrogen) atoms. The highest BCUT2D eigenvalue weighted by atomic mass is 32.2. The quantitative estimate of drug-likeness (QED) is 0.464. The second-order valence-corrected chi connectivity index (χ2v) is 8.40. The van der Waals surface area contributed by atoms with Gasteiger partial charge in [-0.1, -0.05) is 36.1 Å². The minimum absolute atomic E-state index is 0.0250. The molecule has 2 aromatic carbocycles. The Morgan fingerprint density at radius 3 is 2.19 bits per heavy atom. The van der Waals surface area contributed by atoms with Crippen molar-refractivity contribution in [2.24, 2.45) is 0 Å². The number of carbonyl (C=O) groups excluding carboxylic acids is 1. The van der Waals surface area contributed by atoms with Crippen LogP contribution in [-0.4, -0.2) is 25.8 Å². The lowest BCUT2D eigenvalue weighted by Crippen LogP contribution is -2.17. The molecular weight excluding hydrogens is 394 g/mol. The number of hydrogen-bond donors (Lipinski definition) is 1. The number of benzene rings is 2. The van der Waals surface area contributed by atoms with Gasteiger partial charge in [0.05, 0.1) is 12.0 Å². The fourth-order valence-electron chi connectivity index (χ4n) is 2.11. The number of thiocarbonyl (C=S) groups is 1. The summed E-state index contributed by atoms with van der Waals surface area (Å²) < 4.78 is 35.1. The van der Waals surface area contributed by atoms with Crippen molar-refractivity contribution in [1.82, 2.24) is 5.32 Å². The van der Waals surface area contributed by atoms with E-state index in [1.165, 1.54) is 43.1 Å². The van der Waals surface area contributed by atoms with Crippen molar-refractivity contribution < 1.29 is 22.1 Å². The topological polar surface area (TPSA) is 81.7 Å². The summed E-state index contributed by atoms with van der Waals surface area (Å²) in [5.41, 5.74) is 0.724. The molecule has 0 bridgehead atoms. The summed E-state index contributed by atoms with van der Waals surface area (Å²) >= 11 is 6.11. The Hall–Kier alpha value is -2.36. The molecule has 0 aliphatic carbocycles. The number of amides is 1. The Labute approximate surface area is 160 Å². The summed E-state index contributed by atoms with van der Waals surface area (Å²) in [4.78, 5) is 12.2. The molecule has 1 amide bonds. The molecule has 1 N–H and O–H groups in total. The van der Waals surface area contributed by atoms with Gasteiger partial charge in [-0.05, 0) is 48.0 Å². The summed E-state index contributed by atoms with van der Waals surface area (Å²) in [5.74, 6) is 0.471. The van der Waals surface area contributed by atoms with E-state index in [9.17, 15) is 13.2 Å². The number of methoxy groups -OCH3 is 1. The molecule has 1 aliphatic heterocycles. The van der Waals surface area contributed by atoms with Gasteiger partial charge >= 0.3 is 10.1 Å². The van der Waals surface area contributed by atoms with Crippen molar-refractivity contribution >= 4 is 50.4 Å². The molecule has 9 heteroatoms. The number of ether oxygens (including phenoxy) is 1. The second-order valence-electron chi connectivity index (χ2n) is 5.13. The van der Waals surface area contributed by atoms with Gasteiger partial charge in [0.1, 0.15) is 20.7 Å². The lowest BCUT2D eigenvalue weighted by Gasteiger charge is -2.08. The maximum atomic E-state index is 12.3. The Kier molecular flexibility index (Phi) is 5.30. The standard InChI is InChI=1S/C17H13NO5S3/c1-22-12-6-8-14(9-7-12)26(20,21)23-13-4-2-11(3-5-13)10-15-16(19)18-17(24)25-15/h2-10H,1H3,(H,18,19,24)/b15-10-. The average Bonchev–Trinajstić information content (AvgIpc) is 2.93. The third kappa shape index (κ3) is 4.24. The first-order valence-electron chi connectivity index (χ1n) is 7.31. The monoisotopic (exact) mass is 407 g/mol. The SMILES string of the molecule is COc1ccc(S(=O)(=O)Oc2ccc(/C=C3\SC(=S)NC3=O)cc2)cc1. The van der Waals surface area contributed by atoms with Gasteiger partial charge in [-0.2, -0.15) is 8.42 Å². The molecule has 0 unspecified atom stereocenters. The fourth-order valence-corrected chi connectivity index (χ4v) is 4.08. The first kappa shape index (κ1) is 18.4. The lowest BCUT2D eigenvalue weighted by molar-refractivity contribution is -0.115. The maximum Gasteiger partial charge on any atom is 0.339 e. The summed E-state index contributed by atoms with van der Waals surface area (Å²) in [6.45, 7) is 0. The highest BCUT2D eigenvalue weighted by molar-refractivity contribution is 8.26. The van der Waals surface area contributed by atoms with Crippen molar-refractivity contribution in [3.63, 3.8) is 0 Å². The smallest absolute Gasteiger partial charge is 0.339 e. The zero-order valence-electron chi connectivity index (χ0n) is 13.5. The highest BCUT2D eigenvalue weighted by Crippen LogP contribution is 2.27. The van der Waals surface area contributed by atoms with E-state index in [4.69, 9.17) is 21.1 Å². The predicted octanol–water partition coefficient (Wildman–Crippen LogP) is 2.95. The van der Waals surface area contributed by atoms with Crippen LogP contribution in [0.1, 0.15) is 5.56 Å². The summed E-state index contributed by atoms with van der Waals surface area (Å²) in [7, 11) is -2.45. The fraction of sp³-hybridized carbons (Fsp3) is 0.0588. The first-order valence-corrected chi connectivity index (χ1v) is 9.94. The Morgan fingerprint density at radius 1 is 1.04 bits per heavy atom. The third-order valence-electron chi connectivity index (χ3n) is 3.37. The molecule has 1 aliphatic rings. The molecule has 0 spiro atoms. The van der Waals surface area contributed by atoms with Crippen molar-refractivity contribution in [2.75, 3.05) is 7.11 Å². The third-order valence-corrected chi connectivity index (χ3v) is 5.80. The molecule has 1 fully saturated rings. The molecule has 1 heterocycles. The van der Waals surface area contributed by atoms with Gasteiger partial charge in [0.25, 0.3) is 5.91 Å². The van der Waals surface area contributed by atoms with Gasteiger partial charge in [-0.15, -0.1) is 0 Å². The molecule has 0 saturated carbocycles. The van der Waals surface area contributed by atoms with Gasteiger partial charge in [0, 0.05) is 0 Å². The first-order chi connectivity index (χ1) is 12.4. The van der Waals surface area contributed by atoms with Gasteiger partial charge in [-0.3, -0.25) is 4.79 Å². The number of rotatable bonds is 5. The number of hydrogen-bond acceptors (Lipinski definition) is 7. The van der Waals surface area contributed by atoms with Crippen LogP contribution in [0.3, 0.4) is 0 Å². The van der Waals surface area contributed by atoms with E-state index in [0.717, 1.165) is 5.56 Å². The second kappa shape index (κ2) is 7.48. The predicted molar refractivity (Wildman–Crippen MR) is 104 cm³/mol. The van der Waals surface area contributed by atoms with Crippen LogP contribution < -0.4 is 14.2 Å².